The van der Waals surface area contributed by atoms with E-state index in [1.165, 1.54) is 24.2 Å². The lowest BCUT2D eigenvalue weighted by Crippen LogP contribution is -2.47. The van der Waals surface area contributed by atoms with E-state index < -0.39 is 6.10 Å². The summed E-state index contributed by atoms with van der Waals surface area (Å²) in [6.45, 7) is 5.56. The number of piperidine rings is 1. The second-order valence-corrected chi connectivity index (χ2v) is 7.35. The molecule has 2 fully saturated rings. The van der Waals surface area contributed by atoms with Crippen molar-refractivity contribution in [3.05, 3.63) is 22.4 Å². The van der Waals surface area contributed by atoms with Gasteiger partial charge in [-0.15, -0.1) is 11.3 Å². The zero-order chi connectivity index (χ0) is 15.5. The highest BCUT2D eigenvalue weighted by molar-refractivity contribution is 7.12. The number of carbonyl (C=O) groups is 1. The number of aliphatic hydroxyl groups is 1. The summed E-state index contributed by atoms with van der Waals surface area (Å²) in [5.41, 5.74) is 0. The van der Waals surface area contributed by atoms with Crippen molar-refractivity contribution in [2.45, 2.75) is 38.0 Å². The van der Waals surface area contributed by atoms with Crippen LogP contribution in [0.1, 0.15) is 29.4 Å². The third-order valence-electron chi connectivity index (χ3n) is 4.66. The molecule has 1 aromatic heterocycles. The van der Waals surface area contributed by atoms with E-state index in [4.69, 9.17) is 4.74 Å². The van der Waals surface area contributed by atoms with Crippen molar-refractivity contribution in [1.29, 1.82) is 0 Å². The Kier molecular flexibility index (Phi) is 5.13. The normalized spacial score (nSPS) is 30.5. The Morgan fingerprint density at radius 1 is 1.50 bits per heavy atom. The number of aliphatic hydroxyl groups excluding tert-OH is 1. The molecule has 0 unspecified atom stereocenters. The average molecular weight is 324 g/mol. The van der Waals surface area contributed by atoms with Gasteiger partial charge >= 0.3 is 0 Å². The van der Waals surface area contributed by atoms with Crippen molar-refractivity contribution in [1.82, 2.24) is 10.2 Å². The Balaban J connectivity index is 1.49. The van der Waals surface area contributed by atoms with Gasteiger partial charge in [-0.2, -0.15) is 0 Å². The van der Waals surface area contributed by atoms with Crippen LogP contribution in [0, 0.1) is 5.92 Å². The first-order valence-electron chi connectivity index (χ1n) is 8.00. The number of thiophene rings is 1. The van der Waals surface area contributed by atoms with Gasteiger partial charge in [-0.25, -0.2) is 0 Å². The number of nitrogens with zero attached hydrogens (tertiary/aromatic N) is 1. The maximum atomic E-state index is 12.1. The predicted octanol–water partition coefficient (Wildman–Crippen LogP) is 1.34. The molecule has 5 nitrogen and oxygen atoms in total. The summed E-state index contributed by atoms with van der Waals surface area (Å²) in [5.74, 6) is 0.665. The second kappa shape index (κ2) is 7.08. The van der Waals surface area contributed by atoms with Gasteiger partial charge in [0.05, 0.1) is 23.6 Å². The first-order chi connectivity index (χ1) is 10.6. The molecule has 3 atom stereocenters. The summed E-state index contributed by atoms with van der Waals surface area (Å²) in [6.07, 6.45) is 1.58. The van der Waals surface area contributed by atoms with Gasteiger partial charge < -0.3 is 20.1 Å². The minimum Gasteiger partial charge on any atom is -0.388 e. The number of amides is 1. The van der Waals surface area contributed by atoms with Gasteiger partial charge in [-0.05, 0) is 43.3 Å². The SMILES string of the molecule is CC1CCN(C[C@@H]2OC[C@H](NC(=O)c3cccs3)[C@H]2O)CC1. The molecule has 3 heterocycles. The van der Waals surface area contributed by atoms with E-state index in [0.717, 1.165) is 25.6 Å². The molecular weight excluding hydrogens is 300 g/mol. The van der Waals surface area contributed by atoms with Crippen LogP contribution in [-0.2, 0) is 4.74 Å². The van der Waals surface area contributed by atoms with E-state index in [-0.39, 0.29) is 18.1 Å². The first kappa shape index (κ1) is 15.9. The van der Waals surface area contributed by atoms with Crippen molar-refractivity contribution >= 4 is 17.2 Å². The molecule has 2 aliphatic rings. The molecule has 6 heteroatoms. The number of hydrogen-bond donors (Lipinski definition) is 2. The molecule has 2 saturated heterocycles. The number of nitrogens with one attached hydrogen (secondary N) is 1. The lowest BCUT2D eigenvalue weighted by molar-refractivity contribution is 0.00864. The molecule has 0 bridgehead atoms. The number of ether oxygens (including phenoxy) is 1. The van der Waals surface area contributed by atoms with E-state index >= 15 is 0 Å². The Morgan fingerprint density at radius 2 is 2.27 bits per heavy atom. The molecule has 0 saturated carbocycles. The third-order valence-corrected chi connectivity index (χ3v) is 5.53. The lowest BCUT2D eigenvalue weighted by Gasteiger charge is -2.32. The van der Waals surface area contributed by atoms with Gasteiger partial charge in [0.2, 0.25) is 0 Å². The number of hydrogen-bond acceptors (Lipinski definition) is 5. The summed E-state index contributed by atoms with van der Waals surface area (Å²) in [6, 6.07) is 3.32. The van der Waals surface area contributed by atoms with E-state index in [1.807, 2.05) is 11.4 Å². The van der Waals surface area contributed by atoms with Crippen LogP contribution >= 0.6 is 11.3 Å². The van der Waals surface area contributed by atoms with E-state index in [2.05, 4.69) is 17.1 Å². The van der Waals surface area contributed by atoms with Crippen molar-refractivity contribution < 1.29 is 14.6 Å². The molecule has 1 amide bonds. The maximum Gasteiger partial charge on any atom is 0.261 e. The number of rotatable bonds is 4. The van der Waals surface area contributed by atoms with Crippen molar-refractivity contribution in [3.63, 3.8) is 0 Å². The number of likely N-dealkylation sites (tertiary alicyclic amines) is 1. The molecule has 0 aromatic carbocycles. The first-order valence-corrected chi connectivity index (χ1v) is 8.88. The quantitative estimate of drug-likeness (QED) is 0.877. The zero-order valence-corrected chi connectivity index (χ0v) is 13.7. The summed E-state index contributed by atoms with van der Waals surface area (Å²) in [4.78, 5) is 15.1. The van der Waals surface area contributed by atoms with Gasteiger partial charge in [-0.3, -0.25) is 4.79 Å². The zero-order valence-electron chi connectivity index (χ0n) is 12.9. The van der Waals surface area contributed by atoms with Crippen LogP contribution in [0.25, 0.3) is 0 Å². The average Bonchev–Trinajstić information content (AvgIpc) is 3.15. The highest BCUT2D eigenvalue weighted by Crippen LogP contribution is 2.21. The fourth-order valence-electron chi connectivity index (χ4n) is 3.12. The Morgan fingerprint density at radius 3 is 2.95 bits per heavy atom. The molecule has 0 aliphatic carbocycles. The highest BCUT2D eigenvalue weighted by Gasteiger charge is 2.38. The van der Waals surface area contributed by atoms with Crippen LogP contribution < -0.4 is 5.32 Å². The van der Waals surface area contributed by atoms with Crippen molar-refractivity contribution in [2.75, 3.05) is 26.2 Å². The molecule has 2 N–H and O–H groups in total. The minimum absolute atomic E-state index is 0.130. The smallest absolute Gasteiger partial charge is 0.261 e. The fraction of sp³-hybridized carbons (Fsp3) is 0.688. The molecule has 22 heavy (non-hydrogen) atoms. The van der Waals surface area contributed by atoms with Gasteiger partial charge in [0.15, 0.2) is 0 Å². The van der Waals surface area contributed by atoms with Crippen LogP contribution in [0.5, 0.6) is 0 Å². The van der Waals surface area contributed by atoms with Gasteiger partial charge in [-0.1, -0.05) is 13.0 Å². The summed E-state index contributed by atoms with van der Waals surface area (Å²) >= 11 is 1.40. The third kappa shape index (κ3) is 3.68. The van der Waals surface area contributed by atoms with Crippen LogP contribution in [0.2, 0.25) is 0 Å². The Bertz CT molecular complexity index is 486. The molecule has 0 spiro atoms. The Labute approximate surface area is 135 Å². The minimum atomic E-state index is -0.636. The molecule has 1 aromatic rings. The number of carbonyl (C=O) groups excluding carboxylic acids is 1. The molecular formula is C16H24N2O3S. The predicted molar refractivity (Wildman–Crippen MR) is 86.2 cm³/mol. The summed E-state index contributed by atoms with van der Waals surface area (Å²) in [5, 5.41) is 15.2. The largest absolute Gasteiger partial charge is 0.388 e. The monoisotopic (exact) mass is 324 g/mol. The molecule has 122 valence electrons. The van der Waals surface area contributed by atoms with E-state index in [9.17, 15) is 9.90 Å². The lowest BCUT2D eigenvalue weighted by atomic mass is 9.98. The fourth-order valence-corrected chi connectivity index (χ4v) is 3.74. The van der Waals surface area contributed by atoms with Crippen molar-refractivity contribution in [2.24, 2.45) is 5.92 Å². The van der Waals surface area contributed by atoms with Crippen LogP contribution in [0.15, 0.2) is 17.5 Å². The molecule has 3 rings (SSSR count). The van der Waals surface area contributed by atoms with Gasteiger partial charge in [0.25, 0.3) is 5.91 Å². The summed E-state index contributed by atoms with van der Waals surface area (Å²) < 4.78 is 5.72. The second-order valence-electron chi connectivity index (χ2n) is 6.40. The topological polar surface area (TPSA) is 61.8 Å². The van der Waals surface area contributed by atoms with Crippen LogP contribution in [0.3, 0.4) is 0 Å². The van der Waals surface area contributed by atoms with Crippen molar-refractivity contribution in [3.8, 4) is 0 Å². The Hall–Kier alpha value is -0.950. The summed E-state index contributed by atoms with van der Waals surface area (Å²) in [7, 11) is 0. The van der Waals surface area contributed by atoms with Gasteiger partial charge in [0, 0.05) is 6.54 Å². The van der Waals surface area contributed by atoms with Gasteiger partial charge in [0.1, 0.15) is 6.10 Å². The van der Waals surface area contributed by atoms with E-state index in [1.54, 1.807) is 6.07 Å². The highest BCUT2D eigenvalue weighted by atomic mass is 32.1. The standard InChI is InChI=1S/C16H24N2O3S/c1-11-4-6-18(7-5-11)9-13-15(19)12(10-21-13)17-16(20)14-3-2-8-22-14/h2-3,8,11-13,15,19H,4-7,9-10H2,1H3,(H,17,20)/t12-,13-,15+/m0/s1. The molecule has 2 aliphatic heterocycles. The van der Waals surface area contributed by atoms with Crippen LogP contribution in [-0.4, -0.2) is 60.4 Å². The molecule has 0 radical (unpaired) electrons. The van der Waals surface area contributed by atoms with E-state index in [0.29, 0.717) is 11.5 Å². The van der Waals surface area contributed by atoms with Crippen LogP contribution in [0.4, 0.5) is 0 Å². The maximum absolute atomic E-state index is 12.1.